The van der Waals surface area contributed by atoms with Crippen molar-refractivity contribution >= 4 is 5.71 Å². The average Bonchev–Trinajstić information content (AvgIpc) is 3.46. The lowest BCUT2D eigenvalue weighted by atomic mass is 9.73. The van der Waals surface area contributed by atoms with E-state index in [1.165, 1.54) is 49.9 Å². The number of ether oxygens (including phenoxy) is 2. The normalized spacial score (nSPS) is 32.0. The fraction of sp³-hybridized carbons (Fsp3) is 0.560. The van der Waals surface area contributed by atoms with Crippen LogP contribution in [0.1, 0.15) is 74.9 Å². The van der Waals surface area contributed by atoms with Gasteiger partial charge in [-0.1, -0.05) is 25.7 Å². The van der Waals surface area contributed by atoms with E-state index in [1.54, 1.807) is 7.11 Å². The topological polar surface area (TPSA) is 62.4 Å². The minimum atomic E-state index is -0.802. The zero-order valence-corrected chi connectivity index (χ0v) is 18.1. The molecule has 30 heavy (non-hydrogen) atoms. The lowest BCUT2D eigenvalue weighted by molar-refractivity contribution is -0.147. The monoisotopic (exact) mass is 407 g/mol. The van der Waals surface area contributed by atoms with Crippen LogP contribution in [0.15, 0.2) is 47.3 Å². The highest BCUT2D eigenvalue weighted by Gasteiger charge is 2.56. The lowest BCUT2D eigenvalue weighted by Gasteiger charge is -2.47. The van der Waals surface area contributed by atoms with Gasteiger partial charge in [-0.3, -0.25) is 0 Å². The highest BCUT2D eigenvalue weighted by atomic mass is 16.6. The fourth-order valence-electron chi connectivity index (χ4n) is 5.73. The van der Waals surface area contributed by atoms with Gasteiger partial charge in [0.1, 0.15) is 0 Å². The maximum Gasteiger partial charge on any atom is 0.226 e. The van der Waals surface area contributed by atoms with Crippen molar-refractivity contribution in [2.75, 3.05) is 7.11 Å². The number of hydrogen-bond acceptors (Lipinski definition) is 3. The molecule has 2 bridgehead atoms. The highest BCUT2D eigenvalue weighted by molar-refractivity contribution is 6.09. The number of rotatable bonds is 2. The number of aromatic nitrogens is 2. The van der Waals surface area contributed by atoms with Crippen molar-refractivity contribution in [2.45, 2.75) is 76.0 Å². The number of nitrogens with one attached hydrogen (secondary N) is 2. The summed E-state index contributed by atoms with van der Waals surface area (Å²) in [6.45, 7) is 2.18. The van der Waals surface area contributed by atoms with Crippen LogP contribution in [0.5, 0.6) is 0 Å². The molecule has 2 aromatic rings. The molecule has 1 saturated heterocycles. The smallest absolute Gasteiger partial charge is 0.226 e. The van der Waals surface area contributed by atoms with Gasteiger partial charge in [0.05, 0.1) is 30.5 Å². The van der Waals surface area contributed by atoms with Crippen molar-refractivity contribution in [3.05, 3.63) is 59.4 Å². The molecule has 0 aliphatic carbocycles. The second-order valence-corrected chi connectivity index (χ2v) is 9.14. The first-order valence-electron chi connectivity index (χ1n) is 11.5. The maximum absolute atomic E-state index is 6.71. The Hall–Kier alpha value is -2.27. The van der Waals surface area contributed by atoms with Crippen LogP contribution in [-0.4, -0.2) is 34.6 Å². The van der Waals surface area contributed by atoms with Crippen LogP contribution in [0.25, 0.3) is 0 Å². The Kier molecular flexibility index (Phi) is 5.32. The molecule has 0 aromatic carbocycles. The number of fused-ring (bicyclic) bond motifs is 5. The van der Waals surface area contributed by atoms with Crippen LogP contribution >= 0.6 is 0 Å². The molecule has 1 spiro atoms. The number of allylic oxidation sites excluding steroid dienone is 1. The van der Waals surface area contributed by atoms with Gasteiger partial charge in [-0.15, -0.1) is 0 Å². The van der Waals surface area contributed by atoms with Gasteiger partial charge < -0.3 is 19.4 Å². The molecule has 5 heterocycles. The summed E-state index contributed by atoms with van der Waals surface area (Å²) in [6.07, 6.45) is 14.0. The van der Waals surface area contributed by atoms with Crippen LogP contribution in [0.3, 0.4) is 0 Å². The first kappa shape index (κ1) is 19.7. The number of methoxy groups -OCH3 is 1. The Bertz CT molecular complexity index is 926. The largest absolute Gasteiger partial charge is 0.496 e. The predicted octanol–water partition coefficient (Wildman–Crippen LogP) is 5.48. The fourth-order valence-corrected chi connectivity index (χ4v) is 5.73. The zero-order chi connectivity index (χ0) is 20.6. The van der Waals surface area contributed by atoms with E-state index in [9.17, 15) is 0 Å². The SMILES string of the molecule is COC1=CC(c2ccc[nH]2)=N[C@]12O[C@@H](C)C[C@@H]1CCCCCCCc3ccc([nH]3)[C@H]12. The second-order valence-electron chi connectivity index (χ2n) is 9.14. The van der Waals surface area contributed by atoms with Crippen molar-refractivity contribution in [3.63, 3.8) is 0 Å². The number of nitrogens with zero attached hydrogens (tertiary/aromatic N) is 1. The summed E-state index contributed by atoms with van der Waals surface area (Å²) in [4.78, 5) is 12.3. The van der Waals surface area contributed by atoms with E-state index in [2.05, 4.69) is 41.2 Å². The summed E-state index contributed by atoms with van der Waals surface area (Å²) in [6, 6.07) is 8.58. The van der Waals surface area contributed by atoms with E-state index in [0.717, 1.165) is 30.0 Å². The van der Waals surface area contributed by atoms with Crippen molar-refractivity contribution in [1.82, 2.24) is 9.97 Å². The van der Waals surface area contributed by atoms with E-state index in [1.807, 2.05) is 12.3 Å². The summed E-state index contributed by atoms with van der Waals surface area (Å²) >= 11 is 0. The molecule has 2 N–H and O–H groups in total. The standard InChI is InChI=1S/C25H33N3O2/c1-17-15-18-9-6-4-3-5-7-10-19-12-13-21(27-19)24(18)25(30-17)23(29-2)16-22(28-25)20-11-8-14-26-20/h8,11-14,16-18,24,26-27H,3-7,9-10,15H2,1-2H3/t17-,18-,24-,25-/m0/s1. The van der Waals surface area contributed by atoms with Crippen LogP contribution in [0.2, 0.25) is 0 Å². The summed E-state index contributed by atoms with van der Waals surface area (Å²) in [7, 11) is 1.74. The van der Waals surface area contributed by atoms with Gasteiger partial charge in [0.25, 0.3) is 0 Å². The third-order valence-electron chi connectivity index (χ3n) is 7.03. The number of H-pyrrole nitrogens is 2. The molecule has 5 heteroatoms. The van der Waals surface area contributed by atoms with Gasteiger partial charge >= 0.3 is 0 Å². The quantitative estimate of drug-likeness (QED) is 0.693. The van der Waals surface area contributed by atoms with Crippen molar-refractivity contribution < 1.29 is 9.47 Å². The molecule has 0 unspecified atom stereocenters. The zero-order valence-electron chi connectivity index (χ0n) is 18.1. The Labute approximate surface area is 179 Å². The van der Waals surface area contributed by atoms with Gasteiger partial charge in [0, 0.05) is 23.7 Å². The van der Waals surface area contributed by atoms with Crippen molar-refractivity contribution in [2.24, 2.45) is 10.9 Å². The molecule has 5 rings (SSSR count). The molecule has 160 valence electrons. The van der Waals surface area contributed by atoms with Gasteiger partial charge in [-0.05, 0) is 62.8 Å². The van der Waals surface area contributed by atoms with Crippen LogP contribution in [-0.2, 0) is 15.9 Å². The van der Waals surface area contributed by atoms with Crippen LogP contribution in [0.4, 0.5) is 0 Å². The highest BCUT2D eigenvalue weighted by Crippen LogP contribution is 2.53. The lowest BCUT2D eigenvalue weighted by Crippen LogP contribution is -2.49. The first-order valence-corrected chi connectivity index (χ1v) is 11.5. The second kappa shape index (κ2) is 8.10. The number of aliphatic imine (C=N–C) groups is 1. The third-order valence-corrected chi connectivity index (χ3v) is 7.03. The maximum atomic E-state index is 6.71. The summed E-state index contributed by atoms with van der Waals surface area (Å²) < 4.78 is 12.7. The van der Waals surface area contributed by atoms with Gasteiger partial charge in [0.2, 0.25) is 5.72 Å². The Morgan fingerprint density at radius 3 is 2.83 bits per heavy atom. The van der Waals surface area contributed by atoms with Crippen LogP contribution in [0, 0.1) is 5.92 Å². The molecule has 3 aliphatic rings. The molecule has 4 atom stereocenters. The minimum absolute atomic E-state index is 0.125. The van der Waals surface area contributed by atoms with E-state index >= 15 is 0 Å². The average molecular weight is 408 g/mol. The van der Waals surface area contributed by atoms with E-state index in [0.29, 0.717) is 5.92 Å². The van der Waals surface area contributed by atoms with E-state index < -0.39 is 5.72 Å². The molecule has 3 aliphatic heterocycles. The third kappa shape index (κ3) is 3.43. The van der Waals surface area contributed by atoms with E-state index in [4.69, 9.17) is 14.5 Å². The molecule has 2 aromatic heterocycles. The van der Waals surface area contributed by atoms with Gasteiger partial charge in [-0.2, -0.15) is 0 Å². The van der Waals surface area contributed by atoms with Gasteiger partial charge in [0.15, 0.2) is 5.76 Å². The summed E-state index contributed by atoms with van der Waals surface area (Å²) in [5, 5.41) is 0. The number of hydrogen-bond donors (Lipinski definition) is 2. The minimum Gasteiger partial charge on any atom is -0.496 e. The molecule has 1 fully saturated rings. The Morgan fingerprint density at radius 2 is 2.00 bits per heavy atom. The Balaban J connectivity index is 1.62. The first-order chi connectivity index (χ1) is 14.7. The Morgan fingerprint density at radius 1 is 1.13 bits per heavy atom. The number of aromatic amines is 2. The predicted molar refractivity (Wildman–Crippen MR) is 119 cm³/mol. The summed E-state index contributed by atoms with van der Waals surface area (Å²) in [5.74, 6) is 1.45. The summed E-state index contributed by atoms with van der Waals surface area (Å²) in [5.41, 5.74) is 3.67. The molecule has 5 nitrogen and oxygen atoms in total. The van der Waals surface area contributed by atoms with E-state index in [-0.39, 0.29) is 12.0 Å². The van der Waals surface area contributed by atoms with Crippen LogP contribution < -0.4 is 0 Å². The van der Waals surface area contributed by atoms with Crippen molar-refractivity contribution in [3.8, 4) is 0 Å². The molecular formula is C25H33N3O2. The molecule has 0 radical (unpaired) electrons. The molecular weight excluding hydrogens is 374 g/mol. The van der Waals surface area contributed by atoms with Gasteiger partial charge in [-0.25, -0.2) is 4.99 Å². The molecule has 0 amide bonds. The number of aryl methyl sites for hydroxylation is 1. The molecule has 0 saturated carbocycles. The van der Waals surface area contributed by atoms with Crippen molar-refractivity contribution in [1.29, 1.82) is 0 Å².